The van der Waals surface area contributed by atoms with Crippen LogP contribution >= 0.6 is 0 Å². The SMILES string of the molecule is O=C(CC1(N2CCOCC2)CCCC1)NC(CO)c1ccccc1. The Morgan fingerprint density at radius 1 is 1.21 bits per heavy atom. The van der Waals surface area contributed by atoms with E-state index in [1.807, 2.05) is 30.3 Å². The van der Waals surface area contributed by atoms with Gasteiger partial charge in [-0.1, -0.05) is 43.2 Å². The van der Waals surface area contributed by atoms with Crippen molar-refractivity contribution in [3.8, 4) is 0 Å². The third-order valence-corrected chi connectivity index (χ3v) is 5.43. The Morgan fingerprint density at radius 2 is 1.88 bits per heavy atom. The highest BCUT2D eigenvalue weighted by atomic mass is 16.5. The second kappa shape index (κ2) is 8.10. The van der Waals surface area contributed by atoms with E-state index in [0.29, 0.717) is 6.42 Å². The van der Waals surface area contributed by atoms with E-state index in [2.05, 4.69) is 10.2 Å². The molecule has 3 rings (SSSR count). The lowest BCUT2D eigenvalue weighted by atomic mass is 9.89. The summed E-state index contributed by atoms with van der Waals surface area (Å²) in [6.07, 6.45) is 5.04. The Hall–Kier alpha value is -1.43. The van der Waals surface area contributed by atoms with E-state index in [-0.39, 0.29) is 24.1 Å². The van der Waals surface area contributed by atoms with Gasteiger partial charge in [0, 0.05) is 25.0 Å². The minimum Gasteiger partial charge on any atom is -0.394 e. The summed E-state index contributed by atoms with van der Waals surface area (Å²) in [7, 11) is 0. The number of hydrogen-bond donors (Lipinski definition) is 2. The van der Waals surface area contributed by atoms with Crippen molar-refractivity contribution < 1.29 is 14.6 Å². The zero-order chi connectivity index (χ0) is 16.8. The summed E-state index contributed by atoms with van der Waals surface area (Å²) in [6, 6.07) is 9.34. The van der Waals surface area contributed by atoms with E-state index in [1.54, 1.807) is 0 Å². The quantitative estimate of drug-likeness (QED) is 0.835. The molecule has 1 aromatic rings. The summed E-state index contributed by atoms with van der Waals surface area (Å²) in [5.41, 5.74) is 0.921. The lowest BCUT2D eigenvalue weighted by Crippen LogP contribution is -2.54. The average Bonchev–Trinajstić information content (AvgIpc) is 3.11. The molecule has 2 fully saturated rings. The van der Waals surface area contributed by atoms with Gasteiger partial charge in [-0.25, -0.2) is 0 Å². The number of nitrogens with zero attached hydrogens (tertiary/aromatic N) is 1. The molecule has 24 heavy (non-hydrogen) atoms. The first-order chi connectivity index (χ1) is 11.7. The summed E-state index contributed by atoms with van der Waals surface area (Å²) in [6.45, 7) is 3.25. The topological polar surface area (TPSA) is 61.8 Å². The normalized spacial score (nSPS) is 22.2. The molecular weight excluding hydrogens is 304 g/mol. The largest absolute Gasteiger partial charge is 0.394 e. The number of hydrogen-bond acceptors (Lipinski definition) is 4. The van der Waals surface area contributed by atoms with Crippen molar-refractivity contribution in [3.05, 3.63) is 35.9 Å². The molecule has 0 bridgehead atoms. The molecular formula is C19H28N2O3. The summed E-state index contributed by atoms with van der Waals surface area (Å²) in [4.78, 5) is 15.2. The van der Waals surface area contributed by atoms with Gasteiger partial charge in [-0.15, -0.1) is 0 Å². The molecule has 1 atom stereocenters. The van der Waals surface area contributed by atoms with Gasteiger partial charge < -0.3 is 15.2 Å². The van der Waals surface area contributed by atoms with Gasteiger partial charge in [0.05, 0.1) is 25.9 Å². The fraction of sp³-hybridized carbons (Fsp3) is 0.632. The maximum atomic E-state index is 12.7. The van der Waals surface area contributed by atoms with Crippen LogP contribution < -0.4 is 5.32 Å². The Bertz CT molecular complexity index is 523. The van der Waals surface area contributed by atoms with Gasteiger partial charge in [-0.3, -0.25) is 9.69 Å². The van der Waals surface area contributed by atoms with Crippen LogP contribution in [0.1, 0.15) is 43.7 Å². The molecule has 2 aliphatic rings. The minimum absolute atomic E-state index is 0.0233. The first kappa shape index (κ1) is 17.4. The van der Waals surface area contributed by atoms with Crippen LogP contribution in [0.5, 0.6) is 0 Å². The molecule has 1 saturated heterocycles. The van der Waals surface area contributed by atoms with Crippen molar-refractivity contribution >= 4 is 5.91 Å². The summed E-state index contributed by atoms with van der Waals surface area (Å²) in [5, 5.41) is 12.7. The number of carbonyl (C=O) groups excluding carboxylic acids is 1. The van der Waals surface area contributed by atoms with Crippen LogP contribution in [0, 0.1) is 0 Å². The third-order valence-electron chi connectivity index (χ3n) is 5.43. The average molecular weight is 332 g/mol. The van der Waals surface area contributed by atoms with Crippen LogP contribution in [-0.2, 0) is 9.53 Å². The Morgan fingerprint density at radius 3 is 2.50 bits per heavy atom. The number of benzene rings is 1. The molecule has 0 aromatic heterocycles. The van der Waals surface area contributed by atoms with Gasteiger partial charge in [0.2, 0.25) is 5.91 Å². The summed E-state index contributed by atoms with van der Waals surface area (Å²) < 4.78 is 5.47. The molecule has 5 nitrogen and oxygen atoms in total. The highest BCUT2D eigenvalue weighted by Crippen LogP contribution is 2.38. The third kappa shape index (κ3) is 3.97. The van der Waals surface area contributed by atoms with Crippen LogP contribution in [0.2, 0.25) is 0 Å². The van der Waals surface area contributed by atoms with Crippen molar-refractivity contribution in [1.29, 1.82) is 0 Å². The highest BCUT2D eigenvalue weighted by Gasteiger charge is 2.41. The van der Waals surface area contributed by atoms with E-state index in [0.717, 1.165) is 44.7 Å². The summed E-state index contributed by atoms with van der Waals surface area (Å²) >= 11 is 0. The predicted octanol–water partition coefficient (Wildman–Crippen LogP) is 1.87. The number of aliphatic hydroxyl groups is 1. The van der Waals surface area contributed by atoms with Crippen molar-refractivity contribution in [2.75, 3.05) is 32.9 Å². The van der Waals surface area contributed by atoms with Crippen LogP contribution in [0.4, 0.5) is 0 Å². The Labute approximate surface area is 144 Å². The van der Waals surface area contributed by atoms with Crippen LogP contribution in [0.3, 0.4) is 0 Å². The van der Waals surface area contributed by atoms with Crippen LogP contribution in [0.15, 0.2) is 30.3 Å². The number of morpholine rings is 1. The van der Waals surface area contributed by atoms with Gasteiger partial charge >= 0.3 is 0 Å². The fourth-order valence-corrected chi connectivity index (χ4v) is 4.14. The summed E-state index contributed by atoms with van der Waals surface area (Å²) in [5.74, 6) is 0.0336. The highest BCUT2D eigenvalue weighted by molar-refractivity contribution is 5.77. The molecule has 1 aliphatic heterocycles. The number of aliphatic hydroxyl groups excluding tert-OH is 1. The molecule has 5 heteroatoms. The number of carbonyl (C=O) groups is 1. The molecule has 1 heterocycles. The number of amides is 1. The van der Waals surface area contributed by atoms with Gasteiger partial charge in [0.15, 0.2) is 0 Å². The van der Waals surface area contributed by atoms with Gasteiger partial charge in [-0.05, 0) is 18.4 Å². The molecule has 0 radical (unpaired) electrons. The van der Waals surface area contributed by atoms with Crippen molar-refractivity contribution in [1.82, 2.24) is 10.2 Å². The molecule has 1 aromatic carbocycles. The van der Waals surface area contributed by atoms with E-state index in [4.69, 9.17) is 4.74 Å². The number of ether oxygens (including phenoxy) is 1. The van der Waals surface area contributed by atoms with Crippen LogP contribution in [0.25, 0.3) is 0 Å². The Balaban J connectivity index is 1.65. The van der Waals surface area contributed by atoms with Gasteiger partial charge in [0.25, 0.3) is 0 Å². The smallest absolute Gasteiger partial charge is 0.222 e. The van der Waals surface area contributed by atoms with E-state index >= 15 is 0 Å². The zero-order valence-electron chi connectivity index (χ0n) is 14.2. The number of rotatable bonds is 6. The Kier molecular flexibility index (Phi) is 5.87. The second-order valence-electron chi connectivity index (χ2n) is 6.92. The van der Waals surface area contributed by atoms with Crippen LogP contribution in [-0.4, -0.2) is 54.4 Å². The molecule has 1 amide bonds. The molecule has 0 spiro atoms. The monoisotopic (exact) mass is 332 g/mol. The van der Waals surface area contributed by atoms with E-state index in [9.17, 15) is 9.90 Å². The predicted molar refractivity (Wildman–Crippen MR) is 92.6 cm³/mol. The maximum Gasteiger partial charge on any atom is 0.222 e. The zero-order valence-corrected chi connectivity index (χ0v) is 14.2. The lowest BCUT2D eigenvalue weighted by molar-refractivity contribution is -0.126. The van der Waals surface area contributed by atoms with E-state index < -0.39 is 0 Å². The molecule has 2 N–H and O–H groups in total. The molecule has 1 aliphatic carbocycles. The van der Waals surface area contributed by atoms with E-state index in [1.165, 1.54) is 12.8 Å². The maximum absolute atomic E-state index is 12.7. The molecule has 1 unspecified atom stereocenters. The van der Waals surface area contributed by atoms with Crippen molar-refractivity contribution in [2.45, 2.75) is 43.7 Å². The van der Waals surface area contributed by atoms with Crippen molar-refractivity contribution in [2.24, 2.45) is 0 Å². The first-order valence-electron chi connectivity index (χ1n) is 9.01. The van der Waals surface area contributed by atoms with Crippen molar-refractivity contribution in [3.63, 3.8) is 0 Å². The minimum atomic E-state index is -0.332. The van der Waals surface area contributed by atoms with Gasteiger partial charge in [0.1, 0.15) is 0 Å². The standard InChI is InChI=1S/C19H28N2O3/c22-15-17(16-6-2-1-3-7-16)20-18(23)14-19(8-4-5-9-19)21-10-12-24-13-11-21/h1-3,6-7,17,22H,4-5,8-15H2,(H,20,23). The first-order valence-corrected chi connectivity index (χ1v) is 9.01. The molecule has 1 saturated carbocycles. The fourth-order valence-electron chi connectivity index (χ4n) is 4.14. The molecule has 132 valence electrons. The number of nitrogens with one attached hydrogen (secondary N) is 1. The van der Waals surface area contributed by atoms with Gasteiger partial charge in [-0.2, -0.15) is 0 Å². The lowest BCUT2D eigenvalue weighted by Gasteiger charge is -2.43. The second-order valence-corrected chi connectivity index (χ2v) is 6.92.